The van der Waals surface area contributed by atoms with E-state index in [0.29, 0.717) is 25.0 Å². The predicted molar refractivity (Wildman–Crippen MR) is 135 cm³/mol. The third-order valence-corrected chi connectivity index (χ3v) is 6.15. The van der Waals surface area contributed by atoms with Crippen molar-refractivity contribution >= 4 is 40.0 Å². The molecule has 1 unspecified atom stereocenters. The Bertz CT molecular complexity index is 901. The van der Waals surface area contributed by atoms with Crippen molar-refractivity contribution in [2.24, 2.45) is 11.8 Å². The van der Waals surface area contributed by atoms with Gasteiger partial charge in [0.15, 0.2) is 0 Å². The van der Waals surface area contributed by atoms with E-state index in [1.807, 2.05) is 6.92 Å². The summed E-state index contributed by atoms with van der Waals surface area (Å²) < 4.78 is 9.99. The molecule has 1 aliphatic heterocycles. The van der Waals surface area contributed by atoms with E-state index in [1.165, 1.54) is 11.5 Å². The van der Waals surface area contributed by atoms with E-state index in [-0.39, 0.29) is 12.3 Å². The van der Waals surface area contributed by atoms with Crippen molar-refractivity contribution in [3.63, 3.8) is 0 Å². The Hall–Kier alpha value is -2.39. The maximum atomic E-state index is 11.3. The molecule has 0 amide bonds. The molecule has 33 heavy (non-hydrogen) atoms. The molecule has 0 radical (unpaired) electrons. The number of nitrogens with one attached hydrogen (secondary N) is 1. The van der Waals surface area contributed by atoms with Crippen LogP contribution in [0.3, 0.4) is 0 Å². The zero-order valence-electron chi connectivity index (χ0n) is 20.4. The van der Waals surface area contributed by atoms with Gasteiger partial charge >= 0.3 is 5.97 Å². The fraction of sp³-hybridized carbons (Fsp3) is 0.625. The fourth-order valence-electron chi connectivity index (χ4n) is 4.04. The molecule has 1 atom stereocenters. The summed E-state index contributed by atoms with van der Waals surface area (Å²) in [5.74, 6) is 0.873. The zero-order chi connectivity index (χ0) is 24.0. The fourth-order valence-corrected chi connectivity index (χ4v) is 4.64. The van der Waals surface area contributed by atoms with Crippen molar-refractivity contribution in [1.29, 1.82) is 0 Å². The second kappa shape index (κ2) is 11.7. The number of aliphatic carboxylic acids is 1. The number of aromatic nitrogens is 2. The first-order chi connectivity index (χ1) is 15.7. The van der Waals surface area contributed by atoms with Crippen molar-refractivity contribution in [1.82, 2.24) is 9.36 Å². The quantitative estimate of drug-likeness (QED) is 0.478. The third-order valence-electron chi connectivity index (χ3n) is 5.53. The number of hydrogen-bond acceptors (Lipinski definition) is 8. The highest BCUT2D eigenvalue weighted by Crippen LogP contribution is 2.35. The molecule has 2 heterocycles. The molecule has 0 spiro atoms. The van der Waals surface area contributed by atoms with Crippen molar-refractivity contribution in [2.75, 3.05) is 54.5 Å². The van der Waals surface area contributed by atoms with Crippen LogP contribution in [0.5, 0.6) is 0 Å². The van der Waals surface area contributed by atoms with Gasteiger partial charge in [-0.05, 0) is 35.4 Å². The minimum absolute atomic E-state index is 0.0842. The lowest BCUT2D eigenvalue weighted by Gasteiger charge is -2.31. The summed E-state index contributed by atoms with van der Waals surface area (Å²) in [5.41, 5.74) is 3.04. The van der Waals surface area contributed by atoms with Crippen molar-refractivity contribution in [2.45, 2.75) is 47.0 Å². The summed E-state index contributed by atoms with van der Waals surface area (Å²) in [6.07, 6.45) is 0.0977. The Morgan fingerprint density at radius 2 is 1.85 bits per heavy atom. The summed E-state index contributed by atoms with van der Waals surface area (Å²) in [6.45, 7) is 15.7. The first-order valence-corrected chi connectivity index (χ1v) is 12.5. The van der Waals surface area contributed by atoms with Crippen LogP contribution in [0.4, 0.5) is 22.5 Å². The summed E-state index contributed by atoms with van der Waals surface area (Å²) in [7, 11) is 0. The van der Waals surface area contributed by atoms with Crippen LogP contribution in [0.25, 0.3) is 0 Å². The molecule has 1 aliphatic rings. The van der Waals surface area contributed by atoms with Crippen LogP contribution in [0.1, 0.15) is 52.5 Å². The van der Waals surface area contributed by atoms with Crippen molar-refractivity contribution in [3.8, 4) is 0 Å². The highest BCUT2D eigenvalue weighted by molar-refractivity contribution is 7.10. The average molecular weight is 476 g/mol. The number of carboxylic acid groups (broad SMARTS) is 1. The zero-order valence-corrected chi connectivity index (χ0v) is 21.2. The van der Waals surface area contributed by atoms with Crippen molar-refractivity contribution < 1.29 is 14.6 Å². The minimum Gasteiger partial charge on any atom is -0.481 e. The van der Waals surface area contributed by atoms with Crippen LogP contribution >= 0.6 is 11.5 Å². The maximum Gasteiger partial charge on any atom is 0.303 e. The number of hydrogen-bond donors (Lipinski definition) is 2. The molecule has 9 heteroatoms. The predicted octanol–water partition coefficient (Wildman–Crippen LogP) is 4.81. The molecule has 2 N–H and O–H groups in total. The Morgan fingerprint density at radius 3 is 2.45 bits per heavy atom. The number of anilines is 4. The standard InChI is InChI=1S/C24H37N5O3S/c1-16(2)14-29(15-17(3)4)21-7-6-19(18(5)12-22(30)31)13-20(21)25-24-26-23(27-33-24)28-8-10-32-11-9-28/h6-7,13,16-18H,8-12,14-15H2,1-5H3,(H,30,31)(H,25,26,27). The van der Waals surface area contributed by atoms with Crippen molar-refractivity contribution in [3.05, 3.63) is 23.8 Å². The van der Waals surface area contributed by atoms with Gasteiger partial charge in [0.25, 0.3) is 0 Å². The van der Waals surface area contributed by atoms with E-state index in [9.17, 15) is 9.90 Å². The molecule has 1 aromatic carbocycles. The van der Waals surface area contributed by atoms with Gasteiger partial charge in [-0.1, -0.05) is 40.7 Å². The lowest BCUT2D eigenvalue weighted by molar-refractivity contribution is -0.137. The summed E-state index contributed by atoms with van der Waals surface area (Å²) >= 11 is 1.34. The van der Waals surface area contributed by atoms with Gasteiger partial charge < -0.3 is 25.0 Å². The largest absolute Gasteiger partial charge is 0.481 e. The molecule has 0 saturated carbocycles. The van der Waals surface area contributed by atoms with Crippen LogP contribution in [-0.2, 0) is 9.53 Å². The van der Waals surface area contributed by atoms with E-state index in [0.717, 1.165) is 54.2 Å². The molecule has 1 aromatic heterocycles. The number of rotatable bonds is 11. The number of benzene rings is 1. The van der Waals surface area contributed by atoms with Gasteiger partial charge in [-0.2, -0.15) is 9.36 Å². The Balaban J connectivity index is 1.92. The molecule has 2 aromatic rings. The summed E-state index contributed by atoms with van der Waals surface area (Å²) in [4.78, 5) is 20.6. The number of carbonyl (C=O) groups is 1. The smallest absolute Gasteiger partial charge is 0.303 e. The van der Waals surface area contributed by atoms with Crippen LogP contribution in [-0.4, -0.2) is 59.8 Å². The van der Waals surface area contributed by atoms with Crippen LogP contribution < -0.4 is 15.1 Å². The van der Waals surface area contributed by atoms with E-state index in [2.05, 4.69) is 65.4 Å². The lowest BCUT2D eigenvalue weighted by Crippen LogP contribution is -2.36. The molecule has 8 nitrogen and oxygen atoms in total. The second-order valence-corrected chi connectivity index (χ2v) is 10.3. The van der Waals surface area contributed by atoms with Gasteiger partial charge in [-0.15, -0.1) is 0 Å². The van der Waals surface area contributed by atoms with Gasteiger partial charge in [-0.25, -0.2) is 0 Å². The third kappa shape index (κ3) is 7.30. The maximum absolute atomic E-state index is 11.3. The van der Waals surface area contributed by atoms with E-state index >= 15 is 0 Å². The lowest BCUT2D eigenvalue weighted by atomic mass is 9.96. The molecule has 1 fully saturated rings. The monoisotopic (exact) mass is 475 g/mol. The Labute approximate surface area is 201 Å². The van der Waals surface area contributed by atoms with Gasteiger partial charge in [0.1, 0.15) is 0 Å². The Morgan fingerprint density at radius 1 is 1.18 bits per heavy atom. The van der Waals surface area contributed by atoms with Gasteiger partial charge in [0, 0.05) is 37.7 Å². The second-order valence-electron chi connectivity index (χ2n) is 9.59. The number of morpholine rings is 1. The van der Waals surface area contributed by atoms with Crippen LogP contribution in [0.2, 0.25) is 0 Å². The van der Waals surface area contributed by atoms with Crippen LogP contribution in [0, 0.1) is 11.8 Å². The molecule has 1 saturated heterocycles. The average Bonchev–Trinajstić information content (AvgIpc) is 3.21. The molecule has 182 valence electrons. The number of carboxylic acids is 1. The molecular weight excluding hydrogens is 438 g/mol. The Kier molecular flexibility index (Phi) is 8.91. The first kappa shape index (κ1) is 25.2. The van der Waals surface area contributed by atoms with Gasteiger partial charge in [0.2, 0.25) is 11.1 Å². The topological polar surface area (TPSA) is 90.8 Å². The highest BCUT2D eigenvalue weighted by Gasteiger charge is 2.20. The van der Waals surface area contributed by atoms with E-state index in [1.54, 1.807) is 0 Å². The summed E-state index contributed by atoms with van der Waals surface area (Å²) in [5, 5.41) is 13.5. The highest BCUT2D eigenvalue weighted by atomic mass is 32.1. The normalized spacial score (nSPS) is 15.2. The van der Waals surface area contributed by atoms with Gasteiger partial charge in [-0.3, -0.25) is 4.79 Å². The molecule has 3 rings (SSSR count). The number of nitrogens with zero attached hydrogens (tertiary/aromatic N) is 4. The number of ether oxygens (including phenoxy) is 1. The first-order valence-electron chi connectivity index (χ1n) is 11.8. The molecule has 0 bridgehead atoms. The molecule has 0 aliphatic carbocycles. The van der Waals surface area contributed by atoms with E-state index < -0.39 is 5.97 Å². The van der Waals surface area contributed by atoms with E-state index in [4.69, 9.17) is 9.72 Å². The molecular formula is C24H37N5O3S. The minimum atomic E-state index is -0.790. The summed E-state index contributed by atoms with van der Waals surface area (Å²) in [6, 6.07) is 6.25. The van der Waals surface area contributed by atoms with Gasteiger partial charge in [0.05, 0.1) is 31.0 Å². The van der Waals surface area contributed by atoms with Crippen LogP contribution in [0.15, 0.2) is 18.2 Å². The SMILES string of the molecule is CC(C)CN(CC(C)C)c1ccc(C(C)CC(=O)O)cc1Nc1nc(N2CCOCC2)ns1.